The highest BCUT2D eigenvalue weighted by molar-refractivity contribution is 7.87. The molecule has 0 aromatic rings. The summed E-state index contributed by atoms with van der Waals surface area (Å²) in [6.07, 6.45) is 0.892. The SMILES string of the molecule is CC(C)(C)OC(=O)N1C[C@@H]2CC(OS(=O)(=O)C(F)(F)F)=C[C@@H]2C1. The minimum absolute atomic E-state index is 0.0409. The van der Waals surface area contributed by atoms with E-state index in [-0.39, 0.29) is 37.1 Å². The summed E-state index contributed by atoms with van der Waals surface area (Å²) in [6, 6.07) is 0. The molecule has 1 heterocycles. The second-order valence-electron chi connectivity index (χ2n) is 6.63. The first-order valence-electron chi connectivity index (χ1n) is 6.98. The van der Waals surface area contributed by atoms with Gasteiger partial charge in [-0.3, -0.25) is 0 Å². The van der Waals surface area contributed by atoms with Gasteiger partial charge in [0.15, 0.2) is 0 Å². The van der Waals surface area contributed by atoms with Crippen LogP contribution in [-0.2, 0) is 19.0 Å². The largest absolute Gasteiger partial charge is 0.534 e. The number of allylic oxidation sites excluding steroid dienone is 1. The quantitative estimate of drug-likeness (QED) is 0.561. The van der Waals surface area contributed by atoms with Gasteiger partial charge < -0.3 is 13.8 Å². The zero-order chi connectivity index (χ0) is 17.6. The highest BCUT2D eigenvalue weighted by Gasteiger charge is 2.50. The van der Waals surface area contributed by atoms with Gasteiger partial charge in [0.1, 0.15) is 11.4 Å². The van der Waals surface area contributed by atoms with Crippen molar-refractivity contribution in [3.05, 3.63) is 11.8 Å². The molecule has 1 aliphatic carbocycles. The van der Waals surface area contributed by atoms with Crippen LogP contribution in [0.4, 0.5) is 18.0 Å². The normalized spacial score (nSPS) is 25.1. The van der Waals surface area contributed by atoms with Gasteiger partial charge in [-0.2, -0.15) is 21.6 Å². The molecule has 0 bridgehead atoms. The van der Waals surface area contributed by atoms with Crippen molar-refractivity contribution in [3.8, 4) is 0 Å². The number of alkyl halides is 3. The fourth-order valence-corrected chi connectivity index (χ4v) is 3.09. The Morgan fingerprint density at radius 3 is 2.35 bits per heavy atom. The Hall–Kier alpha value is -1.45. The Labute approximate surface area is 132 Å². The van der Waals surface area contributed by atoms with Crippen molar-refractivity contribution >= 4 is 16.2 Å². The lowest BCUT2D eigenvalue weighted by molar-refractivity contribution is -0.0523. The van der Waals surface area contributed by atoms with E-state index in [4.69, 9.17) is 4.74 Å². The maximum Gasteiger partial charge on any atom is 0.534 e. The minimum Gasteiger partial charge on any atom is -0.444 e. The second kappa shape index (κ2) is 5.57. The molecule has 0 N–H and O–H groups in total. The lowest BCUT2D eigenvalue weighted by atomic mass is 10.0. The number of nitrogens with zero attached hydrogens (tertiary/aromatic N) is 1. The van der Waals surface area contributed by atoms with Crippen molar-refractivity contribution in [3.63, 3.8) is 0 Å². The third kappa shape index (κ3) is 4.10. The van der Waals surface area contributed by atoms with Crippen molar-refractivity contribution in [1.82, 2.24) is 4.90 Å². The van der Waals surface area contributed by atoms with Crippen LogP contribution in [-0.4, -0.2) is 43.6 Å². The van der Waals surface area contributed by atoms with Crippen LogP contribution in [0.5, 0.6) is 0 Å². The van der Waals surface area contributed by atoms with Crippen LogP contribution in [0, 0.1) is 11.8 Å². The number of carbonyl (C=O) groups is 1. The first-order valence-corrected chi connectivity index (χ1v) is 8.39. The predicted molar refractivity (Wildman–Crippen MR) is 73.5 cm³/mol. The Kier molecular flexibility index (Phi) is 4.33. The molecule has 1 amide bonds. The summed E-state index contributed by atoms with van der Waals surface area (Å²) >= 11 is 0. The summed E-state index contributed by atoms with van der Waals surface area (Å²) in [7, 11) is -5.64. The van der Waals surface area contributed by atoms with Crippen LogP contribution in [0.1, 0.15) is 27.2 Å². The van der Waals surface area contributed by atoms with E-state index in [0.29, 0.717) is 0 Å². The molecule has 6 nitrogen and oxygen atoms in total. The van der Waals surface area contributed by atoms with Crippen molar-refractivity contribution < 1.29 is 35.3 Å². The highest BCUT2D eigenvalue weighted by Crippen LogP contribution is 2.39. The first-order chi connectivity index (χ1) is 10.3. The van der Waals surface area contributed by atoms with E-state index in [2.05, 4.69) is 4.18 Å². The molecule has 132 valence electrons. The van der Waals surface area contributed by atoms with Crippen LogP contribution >= 0.6 is 0 Å². The number of fused-ring (bicyclic) bond motifs is 1. The van der Waals surface area contributed by atoms with Crippen molar-refractivity contribution in [2.75, 3.05) is 13.1 Å². The van der Waals surface area contributed by atoms with E-state index in [1.165, 1.54) is 11.0 Å². The summed E-state index contributed by atoms with van der Waals surface area (Å²) in [5.41, 5.74) is -6.09. The van der Waals surface area contributed by atoms with Gasteiger partial charge in [-0.25, -0.2) is 4.79 Å². The van der Waals surface area contributed by atoms with Gasteiger partial charge in [0, 0.05) is 25.4 Å². The minimum atomic E-state index is -5.64. The molecular weight excluding hydrogens is 339 g/mol. The molecule has 0 radical (unpaired) electrons. The van der Waals surface area contributed by atoms with Gasteiger partial charge in [-0.05, 0) is 32.8 Å². The molecule has 0 saturated carbocycles. The van der Waals surface area contributed by atoms with E-state index < -0.39 is 27.3 Å². The smallest absolute Gasteiger partial charge is 0.444 e. The van der Waals surface area contributed by atoms with Crippen LogP contribution in [0.25, 0.3) is 0 Å². The molecule has 2 rings (SSSR count). The molecule has 2 aliphatic rings. The first kappa shape index (κ1) is 17.9. The van der Waals surface area contributed by atoms with Crippen LogP contribution in [0.2, 0.25) is 0 Å². The topological polar surface area (TPSA) is 72.9 Å². The van der Waals surface area contributed by atoms with Gasteiger partial charge in [-0.1, -0.05) is 0 Å². The van der Waals surface area contributed by atoms with Gasteiger partial charge >= 0.3 is 21.7 Å². The van der Waals surface area contributed by atoms with Crippen LogP contribution in [0.15, 0.2) is 11.8 Å². The molecule has 2 atom stereocenters. The Bertz CT molecular complexity index is 621. The third-order valence-electron chi connectivity index (χ3n) is 3.51. The zero-order valence-electron chi connectivity index (χ0n) is 12.9. The zero-order valence-corrected chi connectivity index (χ0v) is 13.7. The van der Waals surface area contributed by atoms with Gasteiger partial charge in [0.2, 0.25) is 0 Å². The van der Waals surface area contributed by atoms with Gasteiger partial charge in [0.05, 0.1) is 0 Å². The second-order valence-corrected chi connectivity index (χ2v) is 8.17. The molecule has 0 unspecified atom stereocenters. The number of rotatable bonds is 2. The number of amides is 1. The van der Waals surface area contributed by atoms with Crippen molar-refractivity contribution in [2.45, 2.75) is 38.3 Å². The standard InChI is InChI=1S/C13H18F3NO5S/c1-12(2,3)21-11(18)17-6-8-4-10(5-9(8)7-17)22-23(19,20)13(14,15)16/h4,8-9H,5-7H2,1-3H3/t8-,9+/m1/s1. The van der Waals surface area contributed by atoms with Crippen molar-refractivity contribution in [1.29, 1.82) is 0 Å². The molecule has 1 saturated heterocycles. The average molecular weight is 357 g/mol. The van der Waals surface area contributed by atoms with Gasteiger partial charge in [-0.15, -0.1) is 0 Å². The molecule has 10 heteroatoms. The van der Waals surface area contributed by atoms with E-state index in [9.17, 15) is 26.4 Å². The summed E-state index contributed by atoms with van der Waals surface area (Å²) in [5.74, 6) is -0.622. The number of hydrogen-bond acceptors (Lipinski definition) is 5. The summed E-state index contributed by atoms with van der Waals surface area (Å²) < 4.78 is 68.2. The molecule has 1 fully saturated rings. The van der Waals surface area contributed by atoms with E-state index in [0.717, 1.165) is 0 Å². The maximum atomic E-state index is 12.3. The molecule has 0 spiro atoms. The van der Waals surface area contributed by atoms with Crippen LogP contribution in [0.3, 0.4) is 0 Å². The molecular formula is C13H18F3NO5S. The predicted octanol–water partition coefficient (Wildman–Crippen LogP) is 2.62. The monoisotopic (exact) mass is 357 g/mol. The summed E-state index contributed by atoms with van der Waals surface area (Å²) in [6.45, 7) is 5.74. The average Bonchev–Trinajstić information content (AvgIpc) is 2.81. The summed E-state index contributed by atoms with van der Waals surface area (Å²) in [5, 5.41) is 0. The lowest BCUT2D eigenvalue weighted by Gasteiger charge is -2.24. The molecule has 0 aromatic carbocycles. The Morgan fingerprint density at radius 2 is 1.87 bits per heavy atom. The fraction of sp³-hybridized carbons (Fsp3) is 0.769. The number of ether oxygens (including phenoxy) is 1. The Morgan fingerprint density at radius 1 is 1.26 bits per heavy atom. The third-order valence-corrected chi connectivity index (χ3v) is 4.51. The number of likely N-dealkylation sites (tertiary alicyclic amines) is 1. The van der Waals surface area contributed by atoms with E-state index in [1.807, 2.05) is 0 Å². The number of hydrogen-bond donors (Lipinski definition) is 0. The van der Waals surface area contributed by atoms with E-state index >= 15 is 0 Å². The molecule has 23 heavy (non-hydrogen) atoms. The number of halogens is 3. The summed E-state index contributed by atoms with van der Waals surface area (Å²) in [4.78, 5) is 13.4. The van der Waals surface area contributed by atoms with Gasteiger partial charge in [0.25, 0.3) is 0 Å². The molecule has 0 aromatic heterocycles. The Balaban J connectivity index is 1.98. The lowest BCUT2D eigenvalue weighted by Crippen LogP contribution is -2.35. The highest BCUT2D eigenvalue weighted by atomic mass is 32.2. The molecule has 1 aliphatic heterocycles. The maximum absolute atomic E-state index is 12.3. The number of carbonyl (C=O) groups excluding carboxylic acids is 1. The van der Waals surface area contributed by atoms with Crippen molar-refractivity contribution in [2.24, 2.45) is 11.8 Å². The fourth-order valence-electron chi connectivity index (χ4n) is 2.59. The van der Waals surface area contributed by atoms with E-state index in [1.54, 1.807) is 20.8 Å². The van der Waals surface area contributed by atoms with Crippen LogP contribution < -0.4 is 0 Å².